The summed E-state index contributed by atoms with van der Waals surface area (Å²) in [6.45, 7) is 1.93. The van der Waals surface area contributed by atoms with E-state index in [0.29, 0.717) is 22.0 Å². The Bertz CT molecular complexity index is 1100. The van der Waals surface area contributed by atoms with Gasteiger partial charge in [-0.05, 0) is 48.4 Å². The fourth-order valence-electron chi connectivity index (χ4n) is 3.37. The number of carbonyl (C=O) groups excluding carboxylic acids is 2. The summed E-state index contributed by atoms with van der Waals surface area (Å²) in [5.74, 6) is -1.11. The largest absolute Gasteiger partial charge is 0.289 e. The zero-order chi connectivity index (χ0) is 20.4. The number of imide groups is 1. The topological polar surface area (TPSA) is 62.6 Å². The predicted molar refractivity (Wildman–Crippen MR) is 114 cm³/mol. The highest BCUT2D eigenvalue weighted by Crippen LogP contribution is 2.31. The summed E-state index contributed by atoms with van der Waals surface area (Å²) in [5.41, 5.74) is 2.07. The zero-order valence-corrected chi connectivity index (χ0v) is 16.5. The second-order valence-corrected chi connectivity index (χ2v) is 7.20. The highest BCUT2D eigenvalue weighted by Gasteiger charge is 2.39. The average Bonchev–Trinajstić information content (AvgIpc) is 2.74. The van der Waals surface area contributed by atoms with Crippen molar-refractivity contribution in [2.45, 2.75) is 18.9 Å². The van der Waals surface area contributed by atoms with Crippen molar-refractivity contribution in [3.8, 4) is 0 Å². The van der Waals surface area contributed by atoms with Crippen molar-refractivity contribution in [1.82, 2.24) is 4.98 Å². The number of amides is 2. The fraction of sp³-hybridized carbons (Fsp3) is 0.130. The molecule has 1 aliphatic heterocycles. The van der Waals surface area contributed by atoms with Gasteiger partial charge in [-0.3, -0.25) is 14.6 Å². The monoisotopic (exact) mass is 403 g/mol. The number of carbonyl (C=O) groups is 2. The molecule has 2 amide bonds. The molecule has 0 N–H and O–H groups in total. The smallest absolute Gasteiger partial charge is 0.266 e. The SMILES string of the molecule is C[C@@H](N=CC1C(=O)N(c2ccccn2)C(=O)c2ccccc21)c1cccc(Cl)c1. The predicted octanol–water partition coefficient (Wildman–Crippen LogP) is 4.84. The van der Waals surface area contributed by atoms with Crippen LogP contribution in [0.1, 0.15) is 40.4 Å². The summed E-state index contributed by atoms with van der Waals surface area (Å²) in [4.78, 5) is 36.1. The van der Waals surface area contributed by atoms with Crippen LogP contribution < -0.4 is 4.90 Å². The van der Waals surface area contributed by atoms with E-state index in [0.717, 1.165) is 10.5 Å². The van der Waals surface area contributed by atoms with Crippen LogP contribution in [0.3, 0.4) is 0 Å². The molecule has 5 nitrogen and oxygen atoms in total. The minimum Gasteiger partial charge on any atom is -0.289 e. The van der Waals surface area contributed by atoms with Crippen LogP contribution in [0.4, 0.5) is 5.82 Å². The van der Waals surface area contributed by atoms with Crippen LogP contribution in [0, 0.1) is 0 Å². The average molecular weight is 404 g/mol. The number of pyridine rings is 1. The van der Waals surface area contributed by atoms with E-state index in [2.05, 4.69) is 9.98 Å². The number of fused-ring (bicyclic) bond motifs is 1. The van der Waals surface area contributed by atoms with E-state index in [9.17, 15) is 9.59 Å². The summed E-state index contributed by atoms with van der Waals surface area (Å²) in [6.07, 6.45) is 3.18. The molecule has 6 heteroatoms. The number of hydrogen-bond donors (Lipinski definition) is 0. The van der Waals surface area contributed by atoms with Gasteiger partial charge in [0.25, 0.3) is 5.91 Å². The molecule has 1 unspecified atom stereocenters. The minimum atomic E-state index is -0.674. The van der Waals surface area contributed by atoms with Gasteiger partial charge in [-0.15, -0.1) is 0 Å². The molecule has 1 aliphatic rings. The molecule has 1 aromatic heterocycles. The fourth-order valence-corrected chi connectivity index (χ4v) is 3.57. The van der Waals surface area contributed by atoms with Crippen LogP contribution in [0.15, 0.2) is 77.9 Å². The van der Waals surface area contributed by atoms with Crippen molar-refractivity contribution < 1.29 is 9.59 Å². The van der Waals surface area contributed by atoms with E-state index in [-0.39, 0.29) is 17.9 Å². The molecule has 4 rings (SSSR count). The molecule has 3 aromatic rings. The maximum Gasteiger partial charge on any atom is 0.266 e. The summed E-state index contributed by atoms with van der Waals surface area (Å²) in [7, 11) is 0. The molecule has 0 fully saturated rings. The lowest BCUT2D eigenvalue weighted by atomic mass is 9.89. The number of halogens is 1. The van der Waals surface area contributed by atoms with Crippen molar-refractivity contribution in [2.24, 2.45) is 4.99 Å². The van der Waals surface area contributed by atoms with Crippen LogP contribution in [0.2, 0.25) is 5.02 Å². The normalized spacial score (nSPS) is 17.4. The maximum atomic E-state index is 13.3. The van der Waals surface area contributed by atoms with Gasteiger partial charge in [0.15, 0.2) is 0 Å². The lowest BCUT2D eigenvalue weighted by Gasteiger charge is -2.30. The Morgan fingerprint density at radius 3 is 2.62 bits per heavy atom. The zero-order valence-electron chi connectivity index (χ0n) is 15.7. The van der Waals surface area contributed by atoms with E-state index >= 15 is 0 Å². The molecule has 0 aliphatic carbocycles. The van der Waals surface area contributed by atoms with Gasteiger partial charge in [0.1, 0.15) is 5.82 Å². The Labute approximate surface area is 173 Å². The van der Waals surface area contributed by atoms with E-state index < -0.39 is 5.92 Å². The molecule has 0 spiro atoms. The molecule has 0 saturated carbocycles. The van der Waals surface area contributed by atoms with E-state index in [4.69, 9.17) is 11.6 Å². The summed E-state index contributed by atoms with van der Waals surface area (Å²) in [6, 6.07) is 19.5. The number of anilines is 1. The second kappa shape index (κ2) is 7.97. The van der Waals surface area contributed by atoms with Crippen LogP contribution in [0.25, 0.3) is 0 Å². The highest BCUT2D eigenvalue weighted by molar-refractivity contribution is 6.30. The second-order valence-electron chi connectivity index (χ2n) is 6.76. The van der Waals surface area contributed by atoms with Gasteiger partial charge < -0.3 is 0 Å². The minimum absolute atomic E-state index is 0.186. The third-order valence-corrected chi connectivity index (χ3v) is 5.12. The first-order valence-corrected chi connectivity index (χ1v) is 9.61. The van der Waals surface area contributed by atoms with Crippen molar-refractivity contribution in [3.05, 3.63) is 94.6 Å². The molecular formula is C23H18ClN3O2. The first kappa shape index (κ1) is 19.0. The number of benzene rings is 2. The van der Waals surface area contributed by atoms with Crippen LogP contribution in [-0.4, -0.2) is 23.0 Å². The van der Waals surface area contributed by atoms with E-state index in [1.165, 1.54) is 0 Å². The quantitative estimate of drug-likeness (QED) is 0.462. The Balaban J connectivity index is 1.72. The van der Waals surface area contributed by atoms with Crippen LogP contribution in [0.5, 0.6) is 0 Å². The molecule has 0 radical (unpaired) electrons. The molecule has 29 heavy (non-hydrogen) atoms. The van der Waals surface area contributed by atoms with Gasteiger partial charge in [-0.25, -0.2) is 9.88 Å². The van der Waals surface area contributed by atoms with Gasteiger partial charge >= 0.3 is 0 Å². The van der Waals surface area contributed by atoms with Gasteiger partial charge in [-0.1, -0.05) is 48.0 Å². The molecule has 2 atom stereocenters. The lowest BCUT2D eigenvalue weighted by molar-refractivity contribution is -0.118. The van der Waals surface area contributed by atoms with Gasteiger partial charge in [0.05, 0.1) is 12.0 Å². The number of aromatic nitrogens is 1. The van der Waals surface area contributed by atoms with E-state index in [1.807, 2.05) is 31.2 Å². The summed E-state index contributed by atoms with van der Waals surface area (Å²) >= 11 is 6.07. The van der Waals surface area contributed by atoms with E-state index in [1.54, 1.807) is 54.9 Å². The van der Waals surface area contributed by atoms with Crippen molar-refractivity contribution in [3.63, 3.8) is 0 Å². The molecular weight excluding hydrogens is 386 g/mol. The summed E-state index contributed by atoms with van der Waals surface area (Å²) in [5, 5.41) is 0.635. The van der Waals surface area contributed by atoms with Crippen molar-refractivity contribution in [2.75, 3.05) is 4.90 Å². The number of nitrogens with zero attached hydrogens (tertiary/aromatic N) is 3. The lowest BCUT2D eigenvalue weighted by Crippen LogP contribution is -2.46. The summed E-state index contributed by atoms with van der Waals surface area (Å²) < 4.78 is 0. The first-order chi connectivity index (χ1) is 14.1. The van der Waals surface area contributed by atoms with Gasteiger partial charge in [0, 0.05) is 23.0 Å². The maximum absolute atomic E-state index is 13.3. The Morgan fingerprint density at radius 1 is 1.07 bits per heavy atom. The Kier molecular flexibility index (Phi) is 5.23. The van der Waals surface area contributed by atoms with Crippen LogP contribution >= 0.6 is 11.6 Å². The van der Waals surface area contributed by atoms with Crippen molar-refractivity contribution in [1.29, 1.82) is 0 Å². The Hall–Kier alpha value is -3.31. The third kappa shape index (κ3) is 3.69. The third-order valence-electron chi connectivity index (χ3n) is 4.88. The molecule has 0 saturated heterocycles. The number of rotatable bonds is 4. The molecule has 2 aromatic carbocycles. The van der Waals surface area contributed by atoms with Crippen LogP contribution in [-0.2, 0) is 4.79 Å². The number of hydrogen-bond acceptors (Lipinski definition) is 4. The Morgan fingerprint density at radius 2 is 1.86 bits per heavy atom. The van der Waals surface area contributed by atoms with Gasteiger partial charge in [0.2, 0.25) is 5.91 Å². The molecule has 144 valence electrons. The standard InChI is InChI=1S/C23H18ClN3O2/c1-15(16-7-6-8-17(24)13-16)26-14-20-18-9-2-3-10-19(18)22(28)27(23(20)29)21-11-4-5-12-25-21/h2-15,20H,1H3/t15-,20?/m1/s1. The molecule has 2 heterocycles. The number of aliphatic imine (C=N–C) groups is 1. The van der Waals surface area contributed by atoms with Gasteiger partial charge in [-0.2, -0.15) is 0 Å². The highest BCUT2D eigenvalue weighted by atomic mass is 35.5. The van der Waals surface area contributed by atoms with Crippen molar-refractivity contribution >= 4 is 35.4 Å². The first-order valence-electron chi connectivity index (χ1n) is 9.23. The molecule has 0 bridgehead atoms.